The molecule has 1 heterocycles. The summed E-state index contributed by atoms with van der Waals surface area (Å²) in [5.41, 5.74) is 1.33. The molecule has 5 nitrogen and oxygen atoms in total. The maximum absolute atomic E-state index is 11.9. The molecular formula is C13H14N2O3. The van der Waals surface area contributed by atoms with E-state index in [1.807, 2.05) is 24.3 Å². The summed E-state index contributed by atoms with van der Waals surface area (Å²) >= 11 is 0. The summed E-state index contributed by atoms with van der Waals surface area (Å²) in [5.74, 6) is 0.629. The van der Waals surface area contributed by atoms with E-state index in [0.717, 1.165) is 11.3 Å². The normalized spacial score (nSPS) is 10.1. The van der Waals surface area contributed by atoms with Gasteiger partial charge in [-0.15, -0.1) is 0 Å². The van der Waals surface area contributed by atoms with Crippen molar-refractivity contribution in [2.75, 3.05) is 14.2 Å². The van der Waals surface area contributed by atoms with Crippen molar-refractivity contribution in [2.45, 2.75) is 6.54 Å². The lowest BCUT2D eigenvalue weighted by atomic mass is 10.2. The summed E-state index contributed by atoms with van der Waals surface area (Å²) in [6, 6.07) is 7.57. The highest BCUT2D eigenvalue weighted by Crippen LogP contribution is 2.13. The summed E-state index contributed by atoms with van der Waals surface area (Å²) < 4.78 is 9.87. The summed E-state index contributed by atoms with van der Waals surface area (Å²) in [4.78, 5) is 17.3. The molecule has 2 aromatic rings. The number of nitrogens with zero attached hydrogens (tertiary/aromatic N) is 2. The van der Waals surface area contributed by atoms with Crippen LogP contribution < -0.4 is 4.74 Å². The summed E-state index contributed by atoms with van der Waals surface area (Å²) in [6.45, 7) is 0.510. The van der Waals surface area contributed by atoms with Gasteiger partial charge in [-0.2, -0.15) is 0 Å². The van der Waals surface area contributed by atoms with Gasteiger partial charge in [0.25, 0.3) is 5.91 Å². The van der Waals surface area contributed by atoms with Crippen molar-refractivity contribution in [3.63, 3.8) is 0 Å². The fourth-order valence-corrected chi connectivity index (χ4v) is 1.59. The minimum Gasteiger partial charge on any atom is -0.497 e. The van der Waals surface area contributed by atoms with Crippen molar-refractivity contribution >= 4 is 5.91 Å². The van der Waals surface area contributed by atoms with Gasteiger partial charge < -0.3 is 14.1 Å². The molecule has 0 radical (unpaired) electrons. The number of carbonyl (C=O) groups excluding carboxylic acids is 1. The zero-order chi connectivity index (χ0) is 13.0. The predicted octanol–water partition coefficient (Wildman–Crippen LogP) is 1.96. The van der Waals surface area contributed by atoms with Crippen LogP contribution in [0.5, 0.6) is 5.75 Å². The van der Waals surface area contributed by atoms with E-state index in [2.05, 4.69) is 4.98 Å². The average Bonchev–Trinajstić information content (AvgIpc) is 2.92. The molecule has 0 aliphatic rings. The van der Waals surface area contributed by atoms with Crippen LogP contribution in [0.1, 0.15) is 16.1 Å². The van der Waals surface area contributed by atoms with E-state index in [-0.39, 0.29) is 5.91 Å². The van der Waals surface area contributed by atoms with Gasteiger partial charge in [-0.25, -0.2) is 4.98 Å². The Morgan fingerprint density at radius 2 is 2.11 bits per heavy atom. The number of methoxy groups -OCH3 is 1. The number of benzene rings is 1. The van der Waals surface area contributed by atoms with Gasteiger partial charge >= 0.3 is 0 Å². The first-order valence-electron chi connectivity index (χ1n) is 5.47. The van der Waals surface area contributed by atoms with Crippen LogP contribution >= 0.6 is 0 Å². The van der Waals surface area contributed by atoms with Gasteiger partial charge in [0.05, 0.1) is 7.11 Å². The zero-order valence-corrected chi connectivity index (χ0v) is 10.3. The van der Waals surface area contributed by atoms with E-state index in [1.165, 1.54) is 12.7 Å². The van der Waals surface area contributed by atoms with Crippen molar-refractivity contribution in [1.29, 1.82) is 0 Å². The maximum Gasteiger partial charge on any atom is 0.275 e. The van der Waals surface area contributed by atoms with E-state index < -0.39 is 0 Å². The fourth-order valence-electron chi connectivity index (χ4n) is 1.59. The monoisotopic (exact) mass is 246 g/mol. The van der Waals surface area contributed by atoms with E-state index in [0.29, 0.717) is 12.2 Å². The average molecular weight is 246 g/mol. The zero-order valence-electron chi connectivity index (χ0n) is 10.3. The third kappa shape index (κ3) is 2.68. The second-order valence-electron chi connectivity index (χ2n) is 3.88. The molecule has 0 atom stereocenters. The van der Waals surface area contributed by atoms with Gasteiger partial charge in [0, 0.05) is 13.6 Å². The highest BCUT2D eigenvalue weighted by atomic mass is 16.5. The molecule has 0 aliphatic carbocycles. The quantitative estimate of drug-likeness (QED) is 0.827. The molecule has 1 amide bonds. The summed E-state index contributed by atoms with van der Waals surface area (Å²) in [7, 11) is 3.34. The first-order chi connectivity index (χ1) is 8.70. The van der Waals surface area contributed by atoms with Gasteiger partial charge in [-0.3, -0.25) is 4.79 Å². The van der Waals surface area contributed by atoms with Crippen molar-refractivity contribution in [2.24, 2.45) is 0 Å². The molecule has 0 saturated heterocycles. The van der Waals surface area contributed by atoms with Crippen LogP contribution in [0, 0.1) is 0 Å². The topological polar surface area (TPSA) is 55.6 Å². The Bertz CT molecular complexity index is 506. The van der Waals surface area contributed by atoms with Crippen LogP contribution in [0.4, 0.5) is 0 Å². The molecule has 0 N–H and O–H groups in total. The number of rotatable bonds is 4. The predicted molar refractivity (Wildman–Crippen MR) is 65.3 cm³/mol. The summed E-state index contributed by atoms with van der Waals surface area (Å²) in [5, 5.41) is 0. The van der Waals surface area contributed by atoms with Gasteiger partial charge in [0.15, 0.2) is 12.1 Å². The maximum atomic E-state index is 11.9. The molecule has 0 aliphatic heterocycles. The number of oxazole rings is 1. The van der Waals surface area contributed by atoms with E-state index in [9.17, 15) is 4.79 Å². The molecule has 1 aromatic heterocycles. The van der Waals surface area contributed by atoms with Gasteiger partial charge in [0.1, 0.15) is 12.0 Å². The highest BCUT2D eigenvalue weighted by Gasteiger charge is 2.14. The second kappa shape index (κ2) is 5.35. The second-order valence-corrected chi connectivity index (χ2v) is 3.88. The van der Waals surface area contributed by atoms with Crippen LogP contribution in [0.15, 0.2) is 41.3 Å². The summed E-state index contributed by atoms with van der Waals surface area (Å²) in [6.07, 6.45) is 2.58. The molecule has 0 fully saturated rings. The number of hydrogen-bond acceptors (Lipinski definition) is 4. The number of amides is 1. The number of aromatic nitrogens is 1. The lowest BCUT2D eigenvalue weighted by Crippen LogP contribution is -2.26. The first-order valence-corrected chi connectivity index (χ1v) is 5.47. The van der Waals surface area contributed by atoms with E-state index in [1.54, 1.807) is 19.1 Å². The Morgan fingerprint density at radius 3 is 2.67 bits per heavy atom. The fraction of sp³-hybridized carbons (Fsp3) is 0.231. The Kier molecular flexibility index (Phi) is 3.62. The molecule has 0 unspecified atom stereocenters. The van der Waals surface area contributed by atoms with Crippen LogP contribution in [0.2, 0.25) is 0 Å². The standard InChI is InChI=1S/C13H14N2O3/c1-15(13(16)12-8-18-9-14-12)7-10-3-5-11(17-2)6-4-10/h3-6,8-9H,7H2,1-2H3. The van der Waals surface area contributed by atoms with Crippen LogP contribution in [-0.4, -0.2) is 29.9 Å². The molecule has 18 heavy (non-hydrogen) atoms. The van der Waals surface area contributed by atoms with Crippen molar-refractivity contribution in [3.8, 4) is 5.75 Å². The van der Waals surface area contributed by atoms with Gasteiger partial charge in [-0.05, 0) is 17.7 Å². The Labute approximate surface area is 105 Å². The molecule has 2 rings (SSSR count). The minimum absolute atomic E-state index is 0.167. The molecule has 5 heteroatoms. The molecule has 1 aromatic carbocycles. The van der Waals surface area contributed by atoms with Crippen LogP contribution in [0.25, 0.3) is 0 Å². The smallest absolute Gasteiger partial charge is 0.275 e. The minimum atomic E-state index is -0.167. The Balaban J connectivity index is 2.02. The third-order valence-corrected chi connectivity index (χ3v) is 2.58. The molecular weight excluding hydrogens is 232 g/mol. The Morgan fingerprint density at radius 1 is 1.39 bits per heavy atom. The van der Waals surface area contributed by atoms with Crippen LogP contribution in [0.3, 0.4) is 0 Å². The van der Waals surface area contributed by atoms with E-state index >= 15 is 0 Å². The number of ether oxygens (including phenoxy) is 1. The first kappa shape index (κ1) is 12.2. The van der Waals surface area contributed by atoms with Gasteiger partial charge in [-0.1, -0.05) is 12.1 Å². The molecule has 94 valence electrons. The van der Waals surface area contributed by atoms with Crippen molar-refractivity contribution < 1.29 is 13.9 Å². The Hall–Kier alpha value is -2.30. The molecule has 0 spiro atoms. The SMILES string of the molecule is COc1ccc(CN(C)C(=O)c2cocn2)cc1. The third-order valence-electron chi connectivity index (χ3n) is 2.58. The largest absolute Gasteiger partial charge is 0.497 e. The lowest BCUT2D eigenvalue weighted by Gasteiger charge is -2.15. The van der Waals surface area contributed by atoms with Crippen LogP contribution in [-0.2, 0) is 6.54 Å². The van der Waals surface area contributed by atoms with Crippen molar-refractivity contribution in [3.05, 3.63) is 48.2 Å². The number of hydrogen-bond donors (Lipinski definition) is 0. The van der Waals surface area contributed by atoms with E-state index in [4.69, 9.17) is 9.15 Å². The molecule has 0 saturated carbocycles. The van der Waals surface area contributed by atoms with Crippen molar-refractivity contribution in [1.82, 2.24) is 9.88 Å². The lowest BCUT2D eigenvalue weighted by molar-refractivity contribution is 0.0779. The highest BCUT2D eigenvalue weighted by molar-refractivity contribution is 5.91. The van der Waals surface area contributed by atoms with Gasteiger partial charge in [0.2, 0.25) is 0 Å². The molecule has 0 bridgehead atoms. The number of carbonyl (C=O) groups is 1.